The lowest BCUT2D eigenvalue weighted by atomic mass is 10.2. The van der Waals surface area contributed by atoms with Crippen LogP contribution in [0.25, 0.3) is 10.6 Å². The van der Waals surface area contributed by atoms with Crippen LogP contribution in [0.3, 0.4) is 0 Å². The molecule has 0 radical (unpaired) electrons. The van der Waals surface area contributed by atoms with Gasteiger partial charge in [-0.05, 0) is 36.4 Å². The molecule has 1 aliphatic heterocycles. The number of amides is 1. The Balaban J connectivity index is 1.43. The molecule has 162 valence electrons. The van der Waals surface area contributed by atoms with E-state index >= 15 is 0 Å². The first-order valence-electron chi connectivity index (χ1n) is 9.54. The lowest BCUT2D eigenvalue weighted by Crippen LogP contribution is -2.50. The smallest absolute Gasteiger partial charge is 0.273 e. The number of aromatic nitrogens is 1. The van der Waals surface area contributed by atoms with Crippen LogP contribution in [-0.4, -0.2) is 61.8 Å². The van der Waals surface area contributed by atoms with Crippen molar-refractivity contribution >= 4 is 27.3 Å². The van der Waals surface area contributed by atoms with Crippen LogP contribution in [0.15, 0.2) is 58.8 Å². The van der Waals surface area contributed by atoms with Gasteiger partial charge in [-0.15, -0.1) is 11.3 Å². The molecule has 2 aromatic carbocycles. The summed E-state index contributed by atoms with van der Waals surface area (Å²) in [5.74, 6) is -0.298. The maximum absolute atomic E-state index is 14.0. The Kier molecular flexibility index (Phi) is 6.03. The van der Waals surface area contributed by atoms with Gasteiger partial charge in [0.05, 0.1) is 7.11 Å². The second-order valence-electron chi connectivity index (χ2n) is 6.89. The molecule has 31 heavy (non-hydrogen) atoms. The number of carbonyl (C=O) groups excluding carboxylic acids is 1. The summed E-state index contributed by atoms with van der Waals surface area (Å²) in [6.45, 7) is 0.611. The number of halogens is 1. The molecule has 0 bridgehead atoms. The number of piperazine rings is 1. The van der Waals surface area contributed by atoms with Crippen molar-refractivity contribution in [3.8, 4) is 16.3 Å². The first-order valence-corrected chi connectivity index (χ1v) is 11.9. The molecule has 0 aliphatic carbocycles. The Labute approximate surface area is 183 Å². The predicted octanol–water partition coefficient (Wildman–Crippen LogP) is 3.10. The van der Waals surface area contributed by atoms with Gasteiger partial charge < -0.3 is 9.64 Å². The van der Waals surface area contributed by atoms with E-state index in [0.29, 0.717) is 10.7 Å². The van der Waals surface area contributed by atoms with E-state index in [1.807, 2.05) is 24.3 Å². The summed E-state index contributed by atoms with van der Waals surface area (Å²) in [4.78, 5) is 18.5. The van der Waals surface area contributed by atoms with Crippen LogP contribution in [-0.2, 0) is 10.0 Å². The third kappa shape index (κ3) is 4.32. The zero-order valence-electron chi connectivity index (χ0n) is 16.7. The number of carbonyl (C=O) groups is 1. The van der Waals surface area contributed by atoms with Gasteiger partial charge in [0.25, 0.3) is 5.91 Å². The summed E-state index contributed by atoms with van der Waals surface area (Å²) in [6, 6.07) is 12.7. The number of sulfonamides is 1. The molecule has 0 unspecified atom stereocenters. The second-order valence-corrected chi connectivity index (χ2v) is 9.66. The van der Waals surface area contributed by atoms with E-state index in [1.54, 1.807) is 17.4 Å². The Bertz CT molecular complexity index is 1190. The average molecular weight is 462 g/mol. The van der Waals surface area contributed by atoms with Crippen LogP contribution in [0.5, 0.6) is 5.75 Å². The fourth-order valence-corrected chi connectivity index (χ4v) is 5.61. The van der Waals surface area contributed by atoms with Crippen LogP contribution >= 0.6 is 11.3 Å². The number of nitrogens with zero attached hydrogens (tertiary/aromatic N) is 3. The van der Waals surface area contributed by atoms with Gasteiger partial charge in [0.2, 0.25) is 10.0 Å². The molecule has 1 amide bonds. The Morgan fingerprint density at radius 1 is 1.06 bits per heavy atom. The zero-order chi connectivity index (χ0) is 22.0. The first kappa shape index (κ1) is 21.4. The van der Waals surface area contributed by atoms with Gasteiger partial charge in [0, 0.05) is 37.1 Å². The SMILES string of the molecule is COc1ccc(-c2nc(C(=O)N3CCN(S(=O)(=O)c4ccccc4F)CC3)cs2)cc1. The first-order chi connectivity index (χ1) is 14.9. The summed E-state index contributed by atoms with van der Waals surface area (Å²) in [5.41, 5.74) is 1.20. The van der Waals surface area contributed by atoms with Crippen molar-refractivity contribution in [1.82, 2.24) is 14.2 Å². The second kappa shape index (κ2) is 8.74. The minimum atomic E-state index is -3.95. The van der Waals surface area contributed by atoms with Crippen molar-refractivity contribution in [1.29, 1.82) is 0 Å². The van der Waals surface area contributed by atoms with Crippen molar-refractivity contribution in [3.05, 3.63) is 65.4 Å². The average Bonchev–Trinajstić information content (AvgIpc) is 3.29. The van der Waals surface area contributed by atoms with Gasteiger partial charge >= 0.3 is 0 Å². The molecule has 0 saturated carbocycles. The van der Waals surface area contributed by atoms with Crippen molar-refractivity contribution in [2.24, 2.45) is 0 Å². The largest absolute Gasteiger partial charge is 0.497 e. The summed E-state index contributed by atoms with van der Waals surface area (Å²) in [5, 5.41) is 2.41. The Morgan fingerprint density at radius 2 is 1.74 bits per heavy atom. The van der Waals surface area contributed by atoms with Gasteiger partial charge in [0.1, 0.15) is 27.2 Å². The fourth-order valence-electron chi connectivity index (χ4n) is 3.32. The summed E-state index contributed by atoms with van der Waals surface area (Å²) >= 11 is 1.36. The van der Waals surface area contributed by atoms with Crippen LogP contribution in [0.4, 0.5) is 4.39 Å². The number of ether oxygens (including phenoxy) is 1. The molecule has 1 saturated heterocycles. The number of rotatable bonds is 5. The molecule has 2 heterocycles. The van der Waals surface area contributed by atoms with E-state index in [1.165, 1.54) is 33.8 Å². The van der Waals surface area contributed by atoms with Crippen LogP contribution in [0, 0.1) is 5.82 Å². The highest BCUT2D eigenvalue weighted by molar-refractivity contribution is 7.89. The highest BCUT2D eigenvalue weighted by Crippen LogP contribution is 2.27. The molecule has 4 rings (SSSR count). The van der Waals surface area contributed by atoms with E-state index in [0.717, 1.165) is 17.4 Å². The topological polar surface area (TPSA) is 79.8 Å². The minimum absolute atomic E-state index is 0.0951. The molecule has 0 atom stereocenters. The van der Waals surface area contributed by atoms with E-state index in [2.05, 4.69) is 4.98 Å². The van der Waals surface area contributed by atoms with Crippen LogP contribution in [0.1, 0.15) is 10.5 Å². The summed E-state index contributed by atoms with van der Waals surface area (Å²) in [6.07, 6.45) is 0. The van der Waals surface area contributed by atoms with Crippen LogP contribution < -0.4 is 4.74 Å². The quantitative estimate of drug-likeness (QED) is 0.583. The molecule has 1 aliphatic rings. The molecule has 1 aromatic heterocycles. The van der Waals surface area contributed by atoms with E-state index in [-0.39, 0.29) is 37.0 Å². The van der Waals surface area contributed by atoms with Gasteiger partial charge in [-0.1, -0.05) is 12.1 Å². The number of hydrogen-bond acceptors (Lipinski definition) is 6. The van der Waals surface area contributed by atoms with Crippen molar-refractivity contribution in [3.63, 3.8) is 0 Å². The fraction of sp³-hybridized carbons (Fsp3) is 0.238. The molecule has 1 fully saturated rings. The van der Waals surface area contributed by atoms with Gasteiger partial charge in [0.15, 0.2) is 0 Å². The van der Waals surface area contributed by atoms with Crippen molar-refractivity contribution in [2.45, 2.75) is 4.90 Å². The standard InChI is InChI=1S/C21H20FN3O4S2/c1-29-16-8-6-15(7-9-16)20-23-18(14-30-20)21(26)24-10-12-25(13-11-24)31(27,28)19-5-3-2-4-17(19)22/h2-9,14H,10-13H2,1H3. The predicted molar refractivity (Wildman–Crippen MR) is 115 cm³/mol. The molecule has 7 nitrogen and oxygen atoms in total. The van der Waals surface area contributed by atoms with Crippen molar-refractivity contribution < 1.29 is 22.3 Å². The summed E-state index contributed by atoms with van der Waals surface area (Å²) < 4.78 is 45.8. The van der Waals surface area contributed by atoms with Crippen LogP contribution in [0.2, 0.25) is 0 Å². The van der Waals surface area contributed by atoms with E-state index < -0.39 is 15.8 Å². The normalized spacial score (nSPS) is 15.1. The molecular formula is C21H20FN3O4S2. The van der Waals surface area contributed by atoms with Gasteiger partial charge in [-0.3, -0.25) is 4.79 Å². The van der Waals surface area contributed by atoms with E-state index in [9.17, 15) is 17.6 Å². The highest BCUT2D eigenvalue weighted by atomic mass is 32.2. The number of methoxy groups -OCH3 is 1. The third-order valence-corrected chi connectivity index (χ3v) is 7.86. The minimum Gasteiger partial charge on any atom is -0.497 e. The monoisotopic (exact) mass is 461 g/mol. The molecule has 0 spiro atoms. The van der Waals surface area contributed by atoms with Gasteiger partial charge in [-0.25, -0.2) is 17.8 Å². The Morgan fingerprint density at radius 3 is 2.39 bits per heavy atom. The highest BCUT2D eigenvalue weighted by Gasteiger charge is 2.32. The lowest BCUT2D eigenvalue weighted by molar-refractivity contribution is 0.0692. The maximum Gasteiger partial charge on any atom is 0.273 e. The zero-order valence-corrected chi connectivity index (χ0v) is 18.3. The van der Waals surface area contributed by atoms with Crippen molar-refractivity contribution in [2.75, 3.05) is 33.3 Å². The third-order valence-electron chi connectivity index (χ3n) is 5.04. The summed E-state index contributed by atoms with van der Waals surface area (Å²) in [7, 11) is -2.35. The maximum atomic E-state index is 14.0. The number of hydrogen-bond donors (Lipinski definition) is 0. The number of benzene rings is 2. The van der Waals surface area contributed by atoms with Gasteiger partial charge in [-0.2, -0.15) is 4.31 Å². The molecule has 3 aromatic rings. The van der Waals surface area contributed by atoms with E-state index in [4.69, 9.17) is 4.74 Å². The molecule has 0 N–H and O–H groups in total. The number of thiazole rings is 1. The Hall–Kier alpha value is -2.82. The molecule has 10 heteroatoms. The lowest BCUT2D eigenvalue weighted by Gasteiger charge is -2.33. The molecular weight excluding hydrogens is 441 g/mol.